The van der Waals surface area contributed by atoms with E-state index in [-0.39, 0.29) is 5.92 Å². The van der Waals surface area contributed by atoms with Gasteiger partial charge in [0.05, 0.1) is 5.69 Å². The number of likely N-dealkylation sites (N-methyl/N-ethyl adjacent to an activating group) is 1. The molecular weight excluding hydrogens is 374 g/mol. The molecule has 7 nitrogen and oxygen atoms in total. The molecule has 0 amide bonds. The highest BCUT2D eigenvalue weighted by atomic mass is 15.3. The van der Waals surface area contributed by atoms with Gasteiger partial charge in [0.2, 0.25) is 5.95 Å². The van der Waals surface area contributed by atoms with E-state index in [9.17, 15) is 0 Å². The van der Waals surface area contributed by atoms with Crippen LogP contribution in [0, 0.1) is 12.8 Å². The summed E-state index contributed by atoms with van der Waals surface area (Å²) < 4.78 is 0. The number of aromatic nitrogens is 2. The number of nitrogens with zero attached hydrogens (tertiary/aromatic N) is 6. The van der Waals surface area contributed by atoms with Crippen LogP contribution in [-0.2, 0) is 0 Å². The molecule has 30 heavy (non-hydrogen) atoms. The average molecular weight is 412 g/mol. The standard InChI is InChI=1S/C23H37N7/c1-18(16-24-4)8-10-21-17-26-23(27-20(21)3)29(7)22(25-5)11-9-19(2)30-14-12-28(6)13-15-30/h8-11,16-18,25H,12-15H2,1-7H3/b10-8-,19-9+,22-11+,24-16-. The SMILES string of the molecule is C/N=C\C(C)/C=C\c1cnc(N(C)/C(=C/C=C(\C)N2CCN(C)CC2)NC)nc1C. The molecule has 1 N–H and O–H groups in total. The molecule has 2 rings (SSSR count). The van der Waals surface area contributed by atoms with Crippen molar-refractivity contribution in [2.24, 2.45) is 10.9 Å². The average Bonchev–Trinajstić information content (AvgIpc) is 2.73. The van der Waals surface area contributed by atoms with Gasteiger partial charge in [-0.2, -0.15) is 0 Å². The van der Waals surface area contributed by atoms with Crippen molar-refractivity contribution in [2.75, 3.05) is 59.3 Å². The van der Waals surface area contributed by atoms with Crippen molar-refractivity contribution in [1.29, 1.82) is 0 Å². The predicted octanol–water partition coefficient (Wildman–Crippen LogP) is 2.78. The maximum absolute atomic E-state index is 4.70. The van der Waals surface area contributed by atoms with E-state index < -0.39 is 0 Å². The highest BCUT2D eigenvalue weighted by Gasteiger charge is 2.14. The van der Waals surface area contributed by atoms with Crippen LogP contribution in [-0.4, -0.2) is 80.4 Å². The molecule has 1 atom stereocenters. The summed E-state index contributed by atoms with van der Waals surface area (Å²) in [4.78, 5) is 20.1. The number of hydrogen-bond acceptors (Lipinski definition) is 7. The van der Waals surface area contributed by atoms with Crippen molar-refractivity contribution in [3.05, 3.63) is 47.2 Å². The fourth-order valence-electron chi connectivity index (χ4n) is 3.26. The van der Waals surface area contributed by atoms with Crippen molar-refractivity contribution in [2.45, 2.75) is 20.8 Å². The molecule has 0 radical (unpaired) electrons. The monoisotopic (exact) mass is 411 g/mol. The molecule has 1 unspecified atom stereocenters. The smallest absolute Gasteiger partial charge is 0.230 e. The summed E-state index contributed by atoms with van der Waals surface area (Å²) in [5, 5.41) is 3.26. The number of nitrogens with one attached hydrogen (secondary N) is 1. The molecule has 1 aliphatic rings. The Morgan fingerprint density at radius 1 is 1.27 bits per heavy atom. The van der Waals surface area contributed by atoms with E-state index in [4.69, 9.17) is 4.98 Å². The van der Waals surface area contributed by atoms with Gasteiger partial charge in [0.25, 0.3) is 0 Å². The van der Waals surface area contributed by atoms with E-state index in [0.717, 1.165) is 43.3 Å². The predicted molar refractivity (Wildman–Crippen MR) is 128 cm³/mol. The Bertz CT molecular complexity index is 802. The molecule has 0 saturated carbocycles. The highest BCUT2D eigenvalue weighted by Crippen LogP contribution is 2.16. The molecule has 0 spiro atoms. The zero-order valence-corrected chi connectivity index (χ0v) is 19.6. The zero-order chi connectivity index (χ0) is 22.1. The number of allylic oxidation sites excluding steroid dienone is 4. The van der Waals surface area contributed by atoms with Crippen molar-refractivity contribution in [3.63, 3.8) is 0 Å². The molecule has 1 aromatic rings. The fourth-order valence-corrected chi connectivity index (χ4v) is 3.26. The summed E-state index contributed by atoms with van der Waals surface area (Å²) in [5.74, 6) is 1.89. The van der Waals surface area contributed by atoms with Gasteiger partial charge >= 0.3 is 0 Å². The van der Waals surface area contributed by atoms with Crippen molar-refractivity contribution in [3.8, 4) is 0 Å². The van der Waals surface area contributed by atoms with E-state index in [0.29, 0.717) is 5.95 Å². The molecule has 0 bridgehead atoms. The summed E-state index contributed by atoms with van der Waals surface area (Å²) in [5.41, 5.74) is 3.24. The Morgan fingerprint density at radius 2 is 1.97 bits per heavy atom. The van der Waals surface area contributed by atoms with Crippen molar-refractivity contribution >= 4 is 18.2 Å². The van der Waals surface area contributed by atoms with Gasteiger partial charge in [0, 0.05) is 76.9 Å². The third kappa shape index (κ3) is 6.69. The van der Waals surface area contributed by atoms with Crippen LogP contribution in [0.1, 0.15) is 25.1 Å². The van der Waals surface area contributed by atoms with Gasteiger partial charge in [-0.25, -0.2) is 9.97 Å². The third-order valence-corrected chi connectivity index (χ3v) is 5.37. The summed E-state index contributed by atoms with van der Waals surface area (Å²) >= 11 is 0. The van der Waals surface area contributed by atoms with Gasteiger partial charge in [0.1, 0.15) is 5.82 Å². The number of aryl methyl sites for hydroxylation is 1. The largest absolute Gasteiger partial charge is 0.374 e. The first-order chi connectivity index (χ1) is 14.3. The fraction of sp³-hybridized carbons (Fsp3) is 0.522. The Labute approximate surface area is 181 Å². The summed E-state index contributed by atoms with van der Waals surface area (Å²) in [6, 6.07) is 0. The Balaban J connectivity index is 2.12. The van der Waals surface area contributed by atoms with E-state index in [1.54, 1.807) is 7.05 Å². The molecule has 1 aliphatic heterocycles. The first-order valence-electron chi connectivity index (χ1n) is 10.5. The lowest BCUT2D eigenvalue weighted by Gasteiger charge is -2.34. The normalized spacial score (nSPS) is 17.8. The number of anilines is 1. The second-order valence-electron chi connectivity index (χ2n) is 7.80. The number of piperazine rings is 1. The quantitative estimate of drug-likeness (QED) is 0.524. The lowest BCUT2D eigenvalue weighted by Crippen LogP contribution is -2.43. The zero-order valence-electron chi connectivity index (χ0n) is 19.6. The minimum absolute atomic E-state index is 0.283. The van der Waals surface area contributed by atoms with Crippen LogP contribution >= 0.6 is 0 Å². The molecule has 0 aromatic carbocycles. The molecule has 7 heteroatoms. The van der Waals surface area contributed by atoms with E-state index in [1.807, 2.05) is 38.3 Å². The van der Waals surface area contributed by atoms with Gasteiger partial charge in [-0.05, 0) is 33.0 Å². The molecule has 1 saturated heterocycles. The molecule has 2 heterocycles. The summed E-state index contributed by atoms with van der Waals surface area (Å²) in [6.07, 6.45) is 12.2. The molecule has 1 fully saturated rings. The van der Waals surface area contributed by atoms with Crippen LogP contribution in [0.3, 0.4) is 0 Å². The first-order valence-corrected chi connectivity index (χ1v) is 10.5. The van der Waals surface area contributed by atoms with E-state index >= 15 is 0 Å². The third-order valence-electron chi connectivity index (χ3n) is 5.37. The second kappa shape index (κ2) is 11.5. The lowest BCUT2D eigenvalue weighted by atomic mass is 10.1. The van der Waals surface area contributed by atoms with Gasteiger partial charge < -0.3 is 20.1 Å². The number of hydrogen-bond donors (Lipinski definition) is 1. The van der Waals surface area contributed by atoms with Crippen molar-refractivity contribution < 1.29 is 0 Å². The molecule has 0 aliphatic carbocycles. The van der Waals surface area contributed by atoms with Gasteiger partial charge in [-0.1, -0.05) is 19.1 Å². The van der Waals surface area contributed by atoms with Gasteiger partial charge in [-0.15, -0.1) is 0 Å². The second-order valence-corrected chi connectivity index (χ2v) is 7.80. The Hall–Kier alpha value is -2.67. The topological polar surface area (TPSA) is 59.9 Å². The lowest BCUT2D eigenvalue weighted by molar-refractivity contribution is 0.186. The first kappa shape index (κ1) is 23.6. The number of rotatable bonds is 8. The summed E-state index contributed by atoms with van der Waals surface area (Å²) in [7, 11) is 7.86. The van der Waals surface area contributed by atoms with Crippen LogP contribution < -0.4 is 10.2 Å². The Kier molecular flexibility index (Phi) is 9.05. The van der Waals surface area contributed by atoms with Crippen molar-refractivity contribution in [1.82, 2.24) is 25.1 Å². The summed E-state index contributed by atoms with van der Waals surface area (Å²) in [6.45, 7) is 10.6. The van der Waals surface area contributed by atoms with Crippen LogP contribution in [0.5, 0.6) is 0 Å². The molecule has 1 aromatic heterocycles. The Morgan fingerprint density at radius 3 is 2.57 bits per heavy atom. The molecular formula is C23H37N7. The maximum atomic E-state index is 4.70. The maximum Gasteiger partial charge on any atom is 0.230 e. The van der Waals surface area contributed by atoms with Crippen LogP contribution in [0.2, 0.25) is 0 Å². The minimum atomic E-state index is 0.283. The van der Waals surface area contributed by atoms with Gasteiger partial charge in [0.15, 0.2) is 0 Å². The van der Waals surface area contributed by atoms with E-state index in [1.165, 1.54) is 5.70 Å². The van der Waals surface area contributed by atoms with Gasteiger partial charge in [-0.3, -0.25) is 4.90 Å². The van der Waals surface area contributed by atoms with E-state index in [2.05, 4.69) is 70.3 Å². The molecule has 164 valence electrons. The highest BCUT2D eigenvalue weighted by molar-refractivity contribution is 5.65. The van der Waals surface area contributed by atoms with Crippen LogP contribution in [0.4, 0.5) is 5.95 Å². The number of aliphatic imine (C=N–C) groups is 1. The van der Waals surface area contributed by atoms with Crippen LogP contribution in [0.25, 0.3) is 6.08 Å². The van der Waals surface area contributed by atoms with Crippen LogP contribution in [0.15, 0.2) is 40.9 Å². The minimum Gasteiger partial charge on any atom is -0.374 e.